The first-order valence-corrected chi connectivity index (χ1v) is 6.38. The zero-order chi connectivity index (χ0) is 13.1. The molecular formula is C16H15N3. The lowest BCUT2D eigenvalue weighted by molar-refractivity contribution is 0.986. The number of hydrogen-bond acceptors (Lipinski definition) is 1. The molecule has 0 atom stereocenters. The second-order valence-electron chi connectivity index (χ2n) is 4.57. The predicted molar refractivity (Wildman–Crippen MR) is 76.8 cm³/mol. The maximum Gasteiger partial charge on any atom is 0.109 e. The van der Waals surface area contributed by atoms with E-state index in [1.165, 1.54) is 16.6 Å². The van der Waals surface area contributed by atoms with E-state index < -0.39 is 0 Å². The van der Waals surface area contributed by atoms with Crippen molar-refractivity contribution in [1.82, 2.24) is 15.0 Å². The Bertz CT molecular complexity index is 720. The van der Waals surface area contributed by atoms with Crippen LogP contribution in [-0.4, -0.2) is 15.0 Å². The van der Waals surface area contributed by atoms with E-state index in [1.807, 2.05) is 13.0 Å². The number of aromatic nitrogens is 3. The topological polar surface area (TPSA) is 44.5 Å². The number of rotatable bonds is 2. The van der Waals surface area contributed by atoms with Crippen LogP contribution in [0, 0.1) is 18.8 Å². The Kier molecular flexibility index (Phi) is 3.07. The van der Waals surface area contributed by atoms with E-state index in [0.29, 0.717) is 0 Å². The van der Waals surface area contributed by atoms with Gasteiger partial charge in [-0.25, -0.2) is 4.98 Å². The van der Waals surface area contributed by atoms with Crippen LogP contribution < -0.4 is 0 Å². The molecule has 1 aromatic carbocycles. The average molecular weight is 249 g/mol. The predicted octanol–water partition coefficient (Wildman–Crippen LogP) is 3.18. The smallest absolute Gasteiger partial charge is 0.109 e. The summed E-state index contributed by atoms with van der Waals surface area (Å²) in [7, 11) is 0. The Morgan fingerprint density at radius 2 is 2.11 bits per heavy atom. The molecule has 94 valence electrons. The van der Waals surface area contributed by atoms with Crippen molar-refractivity contribution in [2.45, 2.75) is 19.8 Å². The van der Waals surface area contributed by atoms with Crippen molar-refractivity contribution in [1.29, 1.82) is 0 Å². The van der Waals surface area contributed by atoms with Crippen molar-refractivity contribution < 1.29 is 0 Å². The van der Waals surface area contributed by atoms with Crippen molar-refractivity contribution in [3.05, 3.63) is 53.7 Å². The monoisotopic (exact) mass is 249 g/mol. The number of imidazole rings is 1. The average Bonchev–Trinajstić information content (AvgIpc) is 3.00. The maximum absolute atomic E-state index is 4.12. The van der Waals surface area contributed by atoms with Crippen molar-refractivity contribution in [3.8, 4) is 11.8 Å². The summed E-state index contributed by atoms with van der Waals surface area (Å²) in [6.07, 6.45) is 3.55. The molecule has 2 aromatic heterocycles. The van der Waals surface area contributed by atoms with Crippen LogP contribution in [0.5, 0.6) is 0 Å². The van der Waals surface area contributed by atoms with Gasteiger partial charge in [0.05, 0.1) is 6.20 Å². The molecule has 0 aliphatic carbocycles. The zero-order valence-electron chi connectivity index (χ0n) is 10.8. The number of hydrogen-bond donors (Lipinski definition) is 2. The minimum absolute atomic E-state index is 0.838. The summed E-state index contributed by atoms with van der Waals surface area (Å²) in [6, 6.07) is 10.5. The molecule has 0 saturated carbocycles. The zero-order valence-corrected chi connectivity index (χ0v) is 10.8. The third kappa shape index (κ3) is 2.69. The fraction of sp³-hybridized carbons (Fsp3) is 0.188. The summed E-state index contributed by atoms with van der Waals surface area (Å²) in [4.78, 5) is 10.6. The van der Waals surface area contributed by atoms with E-state index in [1.54, 1.807) is 6.20 Å². The molecule has 0 aliphatic rings. The van der Waals surface area contributed by atoms with Gasteiger partial charge in [0, 0.05) is 17.6 Å². The van der Waals surface area contributed by atoms with Gasteiger partial charge in [-0.15, -0.1) is 0 Å². The Labute approximate surface area is 112 Å². The maximum atomic E-state index is 4.12. The second kappa shape index (κ2) is 5.03. The van der Waals surface area contributed by atoms with E-state index in [4.69, 9.17) is 0 Å². The van der Waals surface area contributed by atoms with Crippen LogP contribution in [0.1, 0.15) is 23.6 Å². The first kappa shape index (κ1) is 11.6. The van der Waals surface area contributed by atoms with Gasteiger partial charge in [0.15, 0.2) is 0 Å². The van der Waals surface area contributed by atoms with E-state index in [2.05, 4.69) is 51.1 Å². The molecule has 0 radical (unpaired) electrons. The Hall–Kier alpha value is -2.47. The van der Waals surface area contributed by atoms with Gasteiger partial charge >= 0.3 is 0 Å². The Morgan fingerprint density at radius 3 is 2.89 bits per heavy atom. The van der Waals surface area contributed by atoms with Gasteiger partial charge in [0.2, 0.25) is 0 Å². The van der Waals surface area contributed by atoms with Gasteiger partial charge in [-0.1, -0.05) is 24.1 Å². The number of nitrogens with one attached hydrogen (secondary N) is 2. The minimum atomic E-state index is 0.838. The third-order valence-corrected chi connectivity index (χ3v) is 3.03. The summed E-state index contributed by atoms with van der Waals surface area (Å²) in [5.74, 6) is 7.16. The SMILES string of the molecule is Cc1ncc(C#CCCc2cc3ccccc3[nH]2)[nH]1. The molecule has 2 heterocycles. The molecule has 0 bridgehead atoms. The number of para-hydroxylation sites is 1. The minimum Gasteiger partial charge on any atom is -0.358 e. The highest BCUT2D eigenvalue weighted by atomic mass is 14.9. The van der Waals surface area contributed by atoms with Crippen LogP contribution in [0.2, 0.25) is 0 Å². The number of nitrogens with zero attached hydrogens (tertiary/aromatic N) is 1. The van der Waals surface area contributed by atoms with Gasteiger partial charge in [0.1, 0.15) is 11.5 Å². The van der Waals surface area contributed by atoms with Crippen LogP contribution in [0.3, 0.4) is 0 Å². The van der Waals surface area contributed by atoms with E-state index in [9.17, 15) is 0 Å². The summed E-state index contributed by atoms with van der Waals surface area (Å²) < 4.78 is 0. The van der Waals surface area contributed by atoms with E-state index >= 15 is 0 Å². The standard InChI is InChI=1S/C16H15N3/c1-12-17-11-15(18-12)8-4-3-7-14-10-13-6-2-5-9-16(13)19-14/h2,5-6,9-11,19H,3,7H2,1H3,(H,17,18). The fourth-order valence-corrected chi connectivity index (χ4v) is 2.11. The highest BCUT2D eigenvalue weighted by Gasteiger charge is 1.98. The van der Waals surface area contributed by atoms with Crippen LogP contribution in [-0.2, 0) is 6.42 Å². The fourth-order valence-electron chi connectivity index (χ4n) is 2.11. The van der Waals surface area contributed by atoms with Crippen molar-refractivity contribution in [3.63, 3.8) is 0 Å². The largest absolute Gasteiger partial charge is 0.358 e. The highest BCUT2D eigenvalue weighted by molar-refractivity contribution is 5.80. The molecule has 0 unspecified atom stereocenters. The molecule has 0 saturated heterocycles. The van der Waals surface area contributed by atoms with Gasteiger partial charge in [-0.3, -0.25) is 0 Å². The van der Waals surface area contributed by atoms with Crippen LogP contribution in [0.15, 0.2) is 36.5 Å². The molecule has 19 heavy (non-hydrogen) atoms. The van der Waals surface area contributed by atoms with Gasteiger partial charge in [-0.05, 0) is 36.8 Å². The van der Waals surface area contributed by atoms with E-state index in [-0.39, 0.29) is 0 Å². The number of aryl methyl sites for hydroxylation is 2. The molecule has 0 spiro atoms. The molecule has 2 N–H and O–H groups in total. The molecule has 3 rings (SSSR count). The lowest BCUT2D eigenvalue weighted by Gasteiger charge is -1.89. The normalized spacial score (nSPS) is 10.4. The molecule has 3 aromatic rings. The quantitative estimate of drug-likeness (QED) is 0.673. The molecule has 3 heteroatoms. The molecular weight excluding hydrogens is 234 g/mol. The van der Waals surface area contributed by atoms with Crippen molar-refractivity contribution in [2.24, 2.45) is 0 Å². The number of H-pyrrole nitrogens is 2. The van der Waals surface area contributed by atoms with Crippen molar-refractivity contribution in [2.75, 3.05) is 0 Å². The van der Waals surface area contributed by atoms with Gasteiger partial charge in [0.25, 0.3) is 0 Å². The third-order valence-electron chi connectivity index (χ3n) is 3.03. The Morgan fingerprint density at radius 1 is 1.21 bits per heavy atom. The number of aromatic amines is 2. The van der Waals surface area contributed by atoms with E-state index in [0.717, 1.165) is 24.4 Å². The number of fused-ring (bicyclic) bond motifs is 1. The van der Waals surface area contributed by atoms with Gasteiger partial charge in [-0.2, -0.15) is 0 Å². The molecule has 3 nitrogen and oxygen atoms in total. The highest BCUT2D eigenvalue weighted by Crippen LogP contribution is 2.15. The van der Waals surface area contributed by atoms with Crippen molar-refractivity contribution >= 4 is 10.9 Å². The number of benzene rings is 1. The molecule has 0 fully saturated rings. The Balaban J connectivity index is 1.65. The van der Waals surface area contributed by atoms with Crippen LogP contribution in [0.25, 0.3) is 10.9 Å². The lowest BCUT2D eigenvalue weighted by Crippen LogP contribution is -1.82. The molecule has 0 aliphatic heterocycles. The second-order valence-corrected chi connectivity index (χ2v) is 4.57. The first-order valence-electron chi connectivity index (χ1n) is 6.38. The summed E-state index contributed by atoms with van der Waals surface area (Å²) in [5, 5.41) is 1.26. The summed E-state index contributed by atoms with van der Waals surface area (Å²) in [5.41, 5.74) is 3.31. The summed E-state index contributed by atoms with van der Waals surface area (Å²) in [6.45, 7) is 1.93. The van der Waals surface area contributed by atoms with Gasteiger partial charge < -0.3 is 9.97 Å². The van der Waals surface area contributed by atoms with Crippen LogP contribution >= 0.6 is 0 Å². The molecule has 0 amide bonds. The summed E-state index contributed by atoms with van der Waals surface area (Å²) >= 11 is 0. The lowest BCUT2D eigenvalue weighted by atomic mass is 10.2. The van der Waals surface area contributed by atoms with Crippen LogP contribution in [0.4, 0.5) is 0 Å². The first-order chi connectivity index (χ1) is 9.31.